The molecular formula is C16H29N3. The molecule has 0 amide bonds. The molecule has 1 rings (SSSR count). The van der Waals surface area contributed by atoms with Crippen molar-refractivity contribution in [3.8, 4) is 0 Å². The minimum Gasteiger partial charge on any atom is -0.309 e. The lowest BCUT2D eigenvalue weighted by atomic mass is 10.1. The largest absolute Gasteiger partial charge is 0.309 e. The van der Waals surface area contributed by atoms with Crippen LogP contribution in [-0.2, 0) is 13.1 Å². The molecule has 0 aromatic carbocycles. The topological polar surface area (TPSA) is 28.2 Å². The second kappa shape index (κ2) is 8.28. The summed E-state index contributed by atoms with van der Waals surface area (Å²) in [5.74, 6) is 0. The summed E-state index contributed by atoms with van der Waals surface area (Å²) in [6.07, 6.45) is 2.39. The fourth-order valence-electron chi connectivity index (χ4n) is 2.32. The molecule has 0 aliphatic heterocycles. The number of pyridine rings is 1. The highest BCUT2D eigenvalue weighted by Gasteiger charge is 2.11. The fraction of sp³-hybridized carbons (Fsp3) is 0.688. The van der Waals surface area contributed by atoms with E-state index in [-0.39, 0.29) is 0 Å². The summed E-state index contributed by atoms with van der Waals surface area (Å²) >= 11 is 0. The zero-order chi connectivity index (χ0) is 14.3. The van der Waals surface area contributed by atoms with Gasteiger partial charge < -0.3 is 5.32 Å². The predicted octanol–water partition coefficient (Wildman–Crippen LogP) is 3.20. The van der Waals surface area contributed by atoms with Gasteiger partial charge in [-0.3, -0.25) is 9.88 Å². The average Bonchev–Trinajstić information content (AvgIpc) is 2.38. The van der Waals surface area contributed by atoms with E-state index in [2.05, 4.69) is 63.2 Å². The molecule has 19 heavy (non-hydrogen) atoms. The Hall–Kier alpha value is -0.930. The highest BCUT2D eigenvalue weighted by atomic mass is 15.1. The third kappa shape index (κ3) is 5.70. The van der Waals surface area contributed by atoms with Crippen LogP contribution in [-0.4, -0.2) is 29.0 Å². The number of rotatable bonds is 8. The van der Waals surface area contributed by atoms with Crippen molar-refractivity contribution in [1.29, 1.82) is 0 Å². The zero-order valence-corrected chi connectivity index (χ0v) is 13.1. The summed E-state index contributed by atoms with van der Waals surface area (Å²) in [4.78, 5) is 7.14. The van der Waals surface area contributed by atoms with Crippen molar-refractivity contribution in [3.63, 3.8) is 0 Å². The summed E-state index contributed by atoms with van der Waals surface area (Å²) < 4.78 is 0. The van der Waals surface area contributed by atoms with E-state index in [1.165, 1.54) is 12.8 Å². The predicted molar refractivity (Wildman–Crippen MR) is 82.0 cm³/mol. The molecule has 0 radical (unpaired) electrons. The molecule has 0 atom stereocenters. The molecule has 0 aliphatic rings. The molecule has 0 bridgehead atoms. The van der Waals surface area contributed by atoms with Gasteiger partial charge in [0.25, 0.3) is 0 Å². The lowest BCUT2D eigenvalue weighted by Crippen LogP contribution is -2.30. The Balaban J connectivity index is 2.61. The summed E-state index contributed by atoms with van der Waals surface area (Å²) in [6, 6.07) is 7.48. The third-order valence-corrected chi connectivity index (χ3v) is 3.53. The molecule has 0 unspecified atom stereocenters. The maximum Gasteiger partial charge on any atom is 0.0547 e. The number of aromatic nitrogens is 1. The smallest absolute Gasteiger partial charge is 0.0547 e. The van der Waals surface area contributed by atoms with E-state index < -0.39 is 0 Å². The molecule has 108 valence electrons. The van der Waals surface area contributed by atoms with Crippen molar-refractivity contribution >= 4 is 0 Å². The Labute approximate surface area is 118 Å². The third-order valence-electron chi connectivity index (χ3n) is 3.53. The van der Waals surface area contributed by atoms with Gasteiger partial charge in [0, 0.05) is 25.2 Å². The van der Waals surface area contributed by atoms with Gasteiger partial charge in [-0.2, -0.15) is 0 Å². The van der Waals surface area contributed by atoms with Gasteiger partial charge >= 0.3 is 0 Å². The van der Waals surface area contributed by atoms with Crippen LogP contribution >= 0.6 is 0 Å². The van der Waals surface area contributed by atoms with E-state index in [0.29, 0.717) is 12.1 Å². The van der Waals surface area contributed by atoms with Crippen molar-refractivity contribution in [2.24, 2.45) is 0 Å². The van der Waals surface area contributed by atoms with Crippen molar-refractivity contribution in [2.75, 3.05) is 7.05 Å². The van der Waals surface area contributed by atoms with Crippen LogP contribution in [0.15, 0.2) is 18.2 Å². The van der Waals surface area contributed by atoms with Crippen molar-refractivity contribution in [3.05, 3.63) is 29.6 Å². The van der Waals surface area contributed by atoms with Gasteiger partial charge in [0.15, 0.2) is 0 Å². The Morgan fingerprint density at radius 1 is 1.16 bits per heavy atom. The van der Waals surface area contributed by atoms with Crippen LogP contribution in [0.1, 0.15) is 51.9 Å². The first-order chi connectivity index (χ1) is 9.06. The number of hydrogen-bond donors (Lipinski definition) is 1. The van der Waals surface area contributed by atoms with Gasteiger partial charge in [-0.15, -0.1) is 0 Å². The van der Waals surface area contributed by atoms with Crippen LogP contribution in [0.5, 0.6) is 0 Å². The molecule has 0 saturated carbocycles. The van der Waals surface area contributed by atoms with Gasteiger partial charge in [-0.25, -0.2) is 0 Å². The summed E-state index contributed by atoms with van der Waals surface area (Å²) in [6.45, 7) is 10.6. The Kier molecular flexibility index (Phi) is 7.03. The minimum atomic E-state index is 0.498. The standard InChI is InChI=1S/C16H29N3/c1-6-16(7-2)19(5)12-15-10-8-9-14(18-15)11-17-13(3)4/h8-10,13,16-17H,6-7,11-12H2,1-5H3. The van der Waals surface area contributed by atoms with Gasteiger partial charge in [0.2, 0.25) is 0 Å². The molecule has 0 aliphatic carbocycles. The van der Waals surface area contributed by atoms with E-state index in [9.17, 15) is 0 Å². The molecular weight excluding hydrogens is 234 g/mol. The van der Waals surface area contributed by atoms with E-state index in [1.54, 1.807) is 0 Å². The van der Waals surface area contributed by atoms with Crippen LogP contribution < -0.4 is 5.32 Å². The summed E-state index contributed by atoms with van der Waals surface area (Å²) in [5.41, 5.74) is 2.29. The average molecular weight is 263 g/mol. The monoisotopic (exact) mass is 263 g/mol. The first kappa shape index (κ1) is 16.1. The van der Waals surface area contributed by atoms with Gasteiger partial charge in [-0.1, -0.05) is 33.8 Å². The number of nitrogens with zero attached hydrogens (tertiary/aromatic N) is 2. The normalized spacial score (nSPS) is 11.8. The van der Waals surface area contributed by atoms with Gasteiger partial charge in [0.1, 0.15) is 0 Å². The number of hydrogen-bond acceptors (Lipinski definition) is 3. The van der Waals surface area contributed by atoms with Crippen molar-refractivity contribution < 1.29 is 0 Å². The minimum absolute atomic E-state index is 0.498. The van der Waals surface area contributed by atoms with Crippen LogP contribution in [0.25, 0.3) is 0 Å². The molecule has 3 heteroatoms. The second-order valence-electron chi connectivity index (χ2n) is 5.54. The maximum atomic E-state index is 4.73. The Bertz CT molecular complexity index is 359. The van der Waals surface area contributed by atoms with Crippen LogP contribution in [0, 0.1) is 0 Å². The van der Waals surface area contributed by atoms with E-state index in [1.807, 2.05) is 0 Å². The fourth-order valence-corrected chi connectivity index (χ4v) is 2.32. The second-order valence-corrected chi connectivity index (χ2v) is 5.54. The molecule has 1 N–H and O–H groups in total. The molecule has 0 spiro atoms. The lowest BCUT2D eigenvalue weighted by molar-refractivity contribution is 0.219. The highest BCUT2D eigenvalue weighted by Crippen LogP contribution is 2.10. The van der Waals surface area contributed by atoms with E-state index in [4.69, 9.17) is 4.98 Å². The van der Waals surface area contributed by atoms with Crippen LogP contribution in [0.2, 0.25) is 0 Å². The SMILES string of the molecule is CCC(CC)N(C)Cc1cccc(CNC(C)C)n1. The molecule has 1 aromatic rings. The van der Waals surface area contributed by atoms with Crippen LogP contribution in [0.4, 0.5) is 0 Å². The van der Waals surface area contributed by atoms with Crippen molar-refractivity contribution in [1.82, 2.24) is 15.2 Å². The molecule has 3 nitrogen and oxygen atoms in total. The summed E-state index contributed by atoms with van der Waals surface area (Å²) in [7, 11) is 2.19. The van der Waals surface area contributed by atoms with Gasteiger partial charge in [-0.05, 0) is 32.0 Å². The molecule has 0 fully saturated rings. The summed E-state index contributed by atoms with van der Waals surface area (Å²) in [5, 5.41) is 3.41. The van der Waals surface area contributed by atoms with E-state index >= 15 is 0 Å². The zero-order valence-electron chi connectivity index (χ0n) is 13.1. The molecule has 0 saturated heterocycles. The highest BCUT2D eigenvalue weighted by molar-refractivity contribution is 5.11. The Morgan fingerprint density at radius 2 is 1.79 bits per heavy atom. The maximum absolute atomic E-state index is 4.73. The molecule has 1 aromatic heterocycles. The quantitative estimate of drug-likeness (QED) is 0.780. The van der Waals surface area contributed by atoms with E-state index in [0.717, 1.165) is 24.5 Å². The van der Waals surface area contributed by atoms with Crippen molar-refractivity contribution in [2.45, 2.75) is 65.7 Å². The first-order valence-electron chi connectivity index (χ1n) is 7.45. The Morgan fingerprint density at radius 3 is 2.37 bits per heavy atom. The first-order valence-corrected chi connectivity index (χ1v) is 7.45. The number of nitrogens with one attached hydrogen (secondary N) is 1. The molecule has 1 heterocycles. The lowest BCUT2D eigenvalue weighted by Gasteiger charge is -2.25. The van der Waals surface area contributed by atoms with Crippen LogP contribution in [0.3, 0.4) is 0 Å². The van der Waals surface area contributed by atoms with Gasteiger partial charge in [0.05, 0.1) is 11.4 Å².